The van der Waals surface area contributed by atoms with Crippen LogP contribution in [0.3, 0.4) is 0 Å². The summed E-state index contributed by atoms with van der Waals surface area (Å²) < 4.78 is 5.30. The Morgan fingerprint density at radius 1 is 1.47 bits per heavy atom. The molecule has 1 aliphatic heterocycles. The normalized spacial score (nSPS) is 15.3. The first-order chi connectivity index (χ1) is 7.36. The van der Waals surface area contributed by atoms with Crippen molar-refractivity contribution in [3.8, 4) is 0 Å². The van der Waals surface area contributed by atoms with Crippen LogP contribution in [0.25, 0.3) is 0 Å². The zero-order valence-electron chi connectivity index (χ0n) is 8.48. The van der Waals surface area contributed by atoms with Gasteiger partial charge in [0.15, 0.2) is 5.76 Å². The highest BCUT2D eigenvalue weighted by molar-refractivity contribution is 5.94. The van der Waals surface area contributed by atoms with Crippen molar-refractivity contribution in [1.82, 2.24) is 4.98 Å². The number of nitrogens with zero attached hydrogens (tertiary/aromatic N) is 1. The van der Waals surface area contributed by atoms with Gasteiger partial charge in [-0.3, -0.25) is 9.78 Å². The lowest BCUT2D eigenvalue weighted by molar-refractivity contribution is -0.118. The average molecular weight is 203 g/mol. The fourth-order valence-corrected chi connectivity index (χ4v) is 1.51. The highest BCUT2D eigenvalue weighted by Crippen LogP contribution is 2.12. The molecule has 0 radical (unpaired) electrons. The van der Waals surface area contributed by atoms with Gasteiger partial charge in [-0.1, -0.05) is 6.07 Å². The van der Waals surface area contributed by atoms with Gasteiger partial charge in [-0.05, 0) is 31.1 Å². The SMILES string of the molecule is O=C(Cc1ccccn1)C1=CCCCO1. The quantitative estimate of drug-likeness (QED) is 0.753. The van der Waals surface area contributed by atoms with E-state index in [1.807, 2.05) is 24.3 Å². The Kier molecular flexibility index (Phi) is 3.12. The summed E-state index contributed by atoms with van der Waals surface area (Å²) in [4.78, 5) is 15.8. The summed E-state index contributed by atoms with van der Waals surface area (Å²) in [5.74, 6) is 0.528. The molecule has 0 saturated heterocycles. The third-order valence-electron chi connectivity index (χ3n) is 2.28. The van der Waals surface area contributed by atoms with Crippen LogP contribution in [0.5, 0.6) is 0 Å². The highest BCUT2D eigenvalue weighted by atomic mass is 16.5. The summed E-state index contributed by atoms with van der Waals surface area (Å²) in [6.45, 7) is 0.653. The van der Waals surface area contributed by atoms with Crippen molar-refractivity contribution in [2.75, 3.05) is 6.61 Å². The number of carbonyl (C=O) groups is 1. The minimum Gasteiger partial charge on any atom is -0.490 e. The maximum atomic E-state index is 11.7. The number of hydrogen-bond donors (Lipinski definition) is 0. The fourth-order valence-electron chi connectivity index (χ4n) is 1.51. The lowest BCUT2D eigenvalue weighted by Gasteiger charge is -2.13. The second-order valence-electron chi connectivity index (χ2n) is 3.48. The van der Waals surface area contributed by atoms with Crippen molar-refractivity contribution in [1.29, 1.82) is 0 Å². The lowest BCUT2D eigenvalue weighted by Crippen LogP contribution is -2.13. The van der Waals surface area contributed by atoms with E-state index in [1.54, 1.807) is 6.20 Å². The summed E-state index contributed by atoms with van der Waals surface area (Å²) in [7, 11) is 0. The molecule has 0 amide bonds. The Labute approximate surface area is 88.8 Å². The third-order valence-corrected chi connectivity index (χ3v) is 2.28. The van der Waals surface area contributed by atoms with E-state index in [0.29, 0.717) is 18.8 Å². The Morgan fingerprint density at radius 2 is 2.40 bits per heavy atom. The van der Waals surface area contributed by atoms with E-state index in [0.717, 1.165) is 18.5 Å². The number of rotatable bonds is 3. The van der Waals surface area contributed by atoms with Gasteiger partial charge in [-0.25, -0.2) is 0 Å². The molecule has 0 spiro atoms. The number of Topliss-reactive ketones (excluding diaryl/α,β-unsaturated/α-hetero) is 1. The molecule has 2 rings (SSSR count). The Balaban J connectivity index is 2.00. The molecule has 0 aromatic carbocycles. The molecule has 15 heavy (non-hydrogen) atoms. The minimum absolute atomic E-state index is 0.0217. The number of carbonyl (C=O) groups excluding carboxylic acids is 1. The van der Waals surface area contributed by atoms with E-state index in [1.165, 1.54) is 0 Å². The van der Waals surface area contributed by atoms with E-state index in [9.17, 15) is 4.79 Å². The van der Waals surface area contributed by atoms with Crippen LogP contribution < -0.4 is 0 Å². The molecular weight excluding hydrogens is 190 g/mol. The Morgan fingerprint density at radius 3 is 3.07 bits per heavy atom. The van der Waals surface area contributed by atoms with Gasteiger partial charge in [0, 0.05) is 11.9 Å². The fraction of sp³-hybridized carbons (Fsp3) is 0.333. The second-order valence-corrected chi connectivity index (χ2v) is 3.48. The van der Waals surface area contributed by atoms with Crippen LogP contribution in [0.15, 0.2) is 36.2 Å². The molecule has 1 aliphatic rings. The number of pyridine rings is 1. The number of ketones is 1. The van der Waals surface area contributed by atoms with Gasteiger partial charge in [-0.2, -0.15) is 0 Å². The molecule has 0 saturated carbocycles. The van der Waals surface area contributed by atoms with Gasteiger partial charge in [0.05, 0.1) is 13.0 Å². The van der Waals surface area contributed by atoms with E-state index in [2.05, 4.69) is 4.98 Å². The van der Waals surface area contributed by atoms with Gasteiger partial charge in [0.2, 0.25) is 5.78 Å². The van der Waals surface area contributed by atoms with E-state index >= 15 is 0 Å². The molecule has 3 heteroatoms. The van der Waals surface area contributed by atoms with Crippen LogP contribution >= 0.6 is 0 Å². The molecule has 0 N–H and O–H groups in total. The number of allylic oxidation sites excluding steroid dienone is 2. The average Bonchev–Trinajstić information content (AvgIpc) is 2.31. The largest absolute Gasteiger partial charge is 0.490 e. The number of aromatic nitrogens is 1. The molecule has 2 heterocycles. The molecule has 0 fully saturated rings. The predicted molar refractivity (Wildman–Crippen MR) is 56.2 cm³/mol. The van der Waals surface area contributed by atoms with Crippen molar-refractivity contribution >= 4 is 5.78 Å². The van der Waals surface area contributed by atoms with E-state index in [-0.39, 0.29) is 5.78 Å². The molecular formula is C12H13NO2. The number of ether oxygens (including phenoxy) is 1. The zero-order valence-corrected chi connectivity index (χ0v) is 8.48. The smallest absolute Gasteiger partial charge is 0.202 e. The minimum atomic E-state index is 0.0217. The van der Waals surface area contributed by atoms with Gasteiger partial charge in [0.25, 0.3) is 0 Å². The summed E-state index contributed by atoms with van der Waals surface area (Å²) in [6.07, 6.45) is 5.82. The van der Waals surface area contributed by atoms with Gasteiger partial charge >= 0.3 is 0 Å². The third kappa shape index (κ3) is 2.65. The Bertz CT molecular complexity index is 370. The van der Waals surface area contributed by atoms with Crippen LogP contribution in [0.1, 0.15) is 18.5 Å². The van der Waals surface area contributed by atoms with Crippen LogP contribution in [-0.2, 0) is 16.0 Å². The summed E-state index contributed by atoms with van der Waals surface area (Å²) in [6, 6.07) is 5.57. The molecule has 0 atom stereocenters. The summed E-state index contributed by atoms with van der Waals surface area (Å²) in [5, 5.41) is 0. The number of hydrogen-bond acceptors (Lipinski definition) is 3. The van der Waals surface area contributed by atoms with Crippen LogP contribution in [-0.4, -0.2) is 17.4 Å². The molecule has 0 aliphatic carbocycles. The summed E-state index contributed by atoms with van der Waals surface area (Å²) in [5.41, 5.74) is 0.789. The van der Waals surface area contributed by atoms with Crippen LogP contribution in [0.4, 0.5) is 0 Å². The maximum Gasteiger partial charge on any atom is 0.202 e. The molecule has 0 bridgehead atoms. The maximum absolute atomic E-state index is 11.7. The van der Waals surface area contributed by atoms with E-state index < -0.39 is 0 Å². The van der Waals surface area contributed by atoms with Gasteiger partial charge < -0.3 is 4.74 Å². The Hall–Kier alpha value is -1.64. The first-order valence-electron chi connectivity index (χ1n) is 5.12. The van der Waals surface area contributed by atoms with Crippen molar-refractivity contribution in [3.05, 3.63) is 41.9 Å². The van der Waals surface area contributed by atoms with Crippen molar-refractivity contribution in [2.45, 2.75) is 19.3 Å². The summed E-state index contributed by atoms with van der Waals surface area (Å²) >= 11 is 0. The first-order valence-corrected chi connectivity index (χ1v) is 5.12. The molecule has 78 valence electrons. The zero-order chi connectivity index (χ0) is 10.5. The molecule has 1 aromatic rings. The van der Waals surface area contributed by atoms with Crippen molar-refractivity contribution < 1.29 is 9.53 Å². The molecule has 1 aromatic heterocycles. The monoisotopic (exact) mass is 203 g/mol. The molecule has 0 unspecified atom stereocenters. The predicted octanol–water partition coefficient (Wildman–Crippen LogP) is 1.89. The lowest BCUT2D eigenvalue weighted by atomic mass is 10.1. The topological polar surface area (TPSA) is 39.2 Å². The van der Waals surface area contributed by atoms with E-state index in [4.69, 9.17) is 4.74 Å². The standard InChI is InChI=1S/C12H13NO2/c14-11(12-6-2-4-8-15-12)9-10-5-1-3-7-13-10/h1,3,5-7H,2,4,8-9H2. The first kappa shape index (κ1) is 9.90. The van der Waals surface area contributed by atoms with Crippen LogP contribution in [0, 0.1) is 0 Å². The highest BCUT2D eigenvalue weighted by Gasteiger charge is 2.14. The van der Waals surface area contributed by atoms with Crippen LogP contribution in [0.2, 0.25) is 0 Å². The van der Waals surface area contributed by atoms with Crippen molar-refractivity contribution in [3.63, 3.8) is 0 Å². The second kappa shape index (κ2) is 4.73. The molecule has 3 nitrogen and oxygen atoms in total. The van der Waals surface area contributed by atoms with Gasteiger partial charge in [-0.15, -0.1) is 0 Å². The van der Waals surface area contributed by atoms with Gasteiger partial charge in [0.1, 0.15) is 0 Å². The van der Waals surface area contributed by atoms with Crippen molar-refractivity contribution in [2.24, 2.45) is 0 Å².